The van der Waals surface area contributed by atoms with Gasteiger partial charge in [0.1, 0.15) is 11.5 Å². The summed E-state index contributed by atoms with van der Waals surface area (Å²) in [5.41, 5.74) is 4.62. The highest BCUT2D eigenvalue weighted by molar-refractivity contribution is 5.85. The summed E-state index contributed by atoms with van der Waals surface area (Å²) >= 11 is 0. The zero-order valence-corrected chi connectivity index (χ0v) is 16.7. The molecule has 0 amide bonds. The lowest BCUT2D eigenvalue weighted by atomic mass is 9.96. The number of aromatic nitrogens is 3. The van der Waals surface area contributed by atoms with Crippen molar-refractivity contribution in [1.82, 2.24) is 14.6 Å². The standard InChI is InChI=1S/C22H26FN5/c1-14(2)25-21-15(3)11-16(12-19(21)23)18-9-10-28-20(18)13-24-22(27-28)26-17-7-5-4-6-8-17/h9-13,17H,4-8H2,1-3H3,(H,26,27). The lowest BCUT2D eigenvalue weighted by Gasteiger charge is -2.22. The molecular weight excluding hydrogens is 353 g/mol. The highest BCUT2D eigenvalue weighted by atomic mass is 19.1. The average molecular weight is 379 g/mol. The maximum atomic E-state index is 14.6. The van der Waals surface area contributed by atoms with Crippen LogP contribution in [0.2, 0.25) is 0 Å². The van der Waals surface area contributed by atoms with Gasteiger partial charge in [0.05, 0.1) is 11.7 Å². The van der Waals surface area contributed by atoms with E-state index in [1.807, 2.05) is 49.8 Å². The molecule has 0 spiro atoms. The number of fused-ring (bicyclic) bond motifs is 1. The Balaban J connectivity index is 1.65. The Morgan fingerprint density at radius 2 is 2.00 bits per heavy atom. The summed E-state index contributed by atoms with van der Waals surface area (Å²) in [5, 5.41) is 8.04. The molecule has 2 aromatic heterocycles. The van der Waals surface area contributed by atoms with E-state index in [2.05, 4.69) is 20.4 Å². The first kappa shape index (κ1) is 18.6. The molecule has 0 radical (unpaired) electrons. The summed E-state index contributed by atoms with van der Waals surface area (Å²) in [6.45, 7) is 5.62. The van der Waals surface area contributed by atoms with Crippen LogP contribution in [-0.4, -0.2) is 26.4 Å². The highest BCUT2D eigenvalue weighted by Gasteiger charge is 2.16. The molecule has 6 heteroatoms. The summed E-state index contributed by atoms with van der Waals surface area (Å²) in [7, 11) is 0. The Labute approximate surface area is 164 Å². The predicted octanol–water partition coefficient (Wildman–Crippen LogP) is 5.70. The van der Waals surface area contributed by atoms with Crippen molar-refractivity contribution in [3.05, 3.63) is 42.0 Å². The molecule has 1 fully saturated rings. The molecule has 1 aromatic carbocycles. The molecular formula is C22H26FN5. The molecule has 0 atom stereocenters. The van der Waals surface area contributed by atoms with Gasteiger partial charge in [-0.2, -0.15) is 0 Å². The largest absolute Gasteiger partial charge is 0.350 e. The molecule has 4 rings (SSSR count). The smallest absolute Gasteiger partial charge is 0.241 e. The minimum atomic E-state index is -0.313. The second-order valence-electron chi connectivity index (χ2n) is 7.80. The molecule has 5 nitrogen and oxygen atoms in total. The monoisotopic (exact) mass is 379 g/mol. The maximum Gasteiger partial charge on any atom is 0.241 e. The number of aryl methyl sites for hydroxylation is 1. The van der Waals surface area contributed by atoms with Gasteiger partial charge in [0.15, 0.2) is 0 Å². The summed E-state index contributed by atoms with van der Waals surface area (Å²) < 4.78 is 16.4. The van der Waals surface area contributed by atoms with E-state index in [9.17, 15) is 4.39 Å². The Hall–Kier alpha value is -2.76. The van der Waals surface area contributed by atoms with E-state index in [-0.39, 0.29) is 5.82 Å². The summed E-state index contributed by atoms with van der Waals surface area (Å²) in [6, 6.07) is 5.91. The number of rotatable bonds is 4. The first-order valence-electron chi connectivity index (χ1n) is 9.94. The first-order chi connectivity index (χ1) is 13.5. The van der Waals surface area contributed by atoms with Crippen molar-refractivity contribution in [1.29, 1.82) is 0 Å². The summed E-state index contributed by atoms with van der Waals surface area (Å²) in [6.07, 6.45) is 9.88. The topological polar surface area (TPSA) is 54.6 Å². The summed E-state index contributed by atoms with van der Waals surface area (Å²) in [5.74, 6) is 0.332. The lowest BCUT2D eigenvalue weighted by molar-refractivity contribution is 0.460. The van der Waals surface area contributed by atoms with Crippen LogP contribution < -0.4 is 5.32 Å². The van der Waals surface area contributed by atoms with Crippen molar-refractivity contribution >= 4 is 22.9 Å². The third kappa shape index (κ3) is 3.77. The SMILES string of the molecule is CC(C)=Nc1c(C)cc(-c2ccn3nc(NC4CCCCC4)ncc23)cc1F. The number of benzene rings is 1. The van der Waals surface area contributed by atoms with E-state index in [1.165, 1.54) is 38.2 Å². The van der Waals surface area contributed by atoms with Crippen LogP contribution in [0.4, 0.5) is 16.0 Å². The van der Waals surface area contributed by atoms with Gasteiger partial charge < -0.3 is 5.32 Å². The number of aliphatic imine (C=N–C) groups is 1. The summed E-state index contributed by atoms with van der Waals surface area (Å²) in [4.78, 5) is 8.82. The van der Waals surface area contributed by atoms with Gasteiger partial charge in [-0.1, -0.05) is 19.3 Å². The first-order valence-corrected chi connectivity index (χ1v) is 9.94. The predicted molar refractivity (Wildman–Crippen MR) is 112 cm³/mol. The van der Waals surface area contributed by atoms with Crippen LogP contribution in [0.3, 0.4) is 0 Å². The van der Waals surface area contributed by atoms with E-state index in [1.54, 1.807) is 0 Å². The van der Waals surface area contributed by atoms with Gasteiger partial charge in [-0.3, -0.25) is 4.99 Å². The molecule has 3 aromatic rings. The number of nitrogens with one attached hydrogen (secondary N) is 1. The zero-order chi connectivity index (χ0) is 19.7. The maximum absolute atomic E-state index is 14.6. The highest BCUT2D eigenvalue weighted by Crippen LogP contribution is 2.32. The van der Waals surface area contributed by atoms with Crippen LogP contribution in [0.25, 0.3) is 16.6 Å². The van der Waals surface area contributed by atoms with Crippen LogP contribution in [0, 0.1) is 12.7 Å². The second kappa shape index (κ2) is 7.70. The minimum absolute atomic E-state index is 0.313. The van der Waals surface area contributed by atoms with Crippen LogP contribution in [0.5, 0.6) is 0 Å². The molecule has 1 aliphatic rings. The van der Waals surface area contributed by atoms with E-state index < -0.39 is 0 Å². The van der Waals surface area contributed by atoms with Crippen molar-refractivity contribution in [3.63, 3.8) is 0 Å². The molecule has 146 valence electrons. The minimum Gasteiger partial charge on any atom is -0.350 e. The Bertz CT molecular complexity index is 1000. The van der Waals surface area contributed by atoms with Crippen LogP contribution >= 0.6 is 0 Å². The van der Waals surface area contributed by atoms with Crippen molar-refractivity contribution < 1.29 is 4.39 Å². The number of anilines is 1. The quantitative estimate of drug-likeness (QED) is 0.592. The van der Waals surface area contributed by atoms with Gasteiger partial charge in [-0.15, -0.1) is 5.10 Å². The van der Waals surface area contributed by atoms with E-state index in [4.69, 9.17) is 0 Å². The molecule has 0 bridgehead atoms. The molecule has 1 N–H and O–H groups in total. The van der Waals surface area contributed by atoms with E-state index in [0.29, 0.717) is 17.7 Å². The number of halogens is 1. The lowest BCUT2D eigenvalue weighted by Crippen LogP contribution is -2.23. The number of hydrogen-bond acceptors (Lipinski definition) is 4. The van der Waals surface area contributed by atoms with Crippen LogP contribution in [-0.2, 0) is 0 Å². The van der Waals surface area contributed by atoms with Crippen molar-refractivity contribution in [3.8, 4) is 11.1 Å². The van der Waals surface area contributed by atoms with Crippen LogP contribution in [0.1, 0.15) is 51.5 Å². The Kier molecular flexibility index (Phi) is 5.11. The van der Waals surface area contributed by atoms with Gasteiger partial charge in [-0.05, 0) is 62.9 Å². The van der Waals surface area contributed by atoms with Gasteiger partial charge in [0.25, 0.3) is 0 Å². The molecule has 28 heavy (non-hydrogen) atoms. The van der Waals surface area contributed by atoms with Gasteiger partial charge in [0.2, 0.25) is 5.95 Å². The average Bonchev–Trinajstić information content (AvgIpc) is 3.08. The fraction of sp³-hybridized carbons (Fsp3) is 0.409. The van der Waals surface area contributed by atoms with Crippen molar-refractivity contribution in [2.75, 3.05) is 5.32 Å². The van der Waals surface area contributed by atoms with Gasteiger partial charge in [0, 0.05) is 23.5 Å². The van der Waals surface area contributed by atoms with Crippen molar-refractivity contribution in [2.45, 2.75) is 58.9 Å². The van der Waals surface area contributed by atoms with Gasteiger partial charge >= 0.3 is 0 Å². The van der Waals surface area contributed by atoms with E-state index >= 15 is 0 Å². The molecule has 0 saturated heterocycles. The normalized spacial score (nSPS) is 15.0. The Morgan fingerprint density at radius 1 is 1.21 bits per heavy atom. The second-order valence-corrected chi connectivity index (χ2v) is 7.80. The van der Waals surface area contributed by atoms with Gasteiger partial charge in [-0.25, -0.2) is 13.9 Å². The molecule has 1 aliphatic carbocycles. The zero-order valence-electron chi connectivity index (χ0n) is 16.7. The molecule has 0 unspecified atom stereocenters. The van der Waals surface area contributed by atoms with E-state index in [0.717, 1.165) is 27.9 Å². The van der Waals surface area contributed by atoms with Crippen LogP contribution in [0.15, 0.2) is 35.6 Å². The number of hydrogen-bond donors (Lipinski definition) is 1. The third-order valence-corrected chi connectivity index (χ3v) is 5.26. The molecule has 2 heterocycles. The fourth-order valence-corrected chi connectivity index (χ4v) is 3.90. The number of nitrogens with zero attached hydrogens (tertiary/aromatic N) is 4. The fourth-order valence-electron chi connectivity index (χ4n) is 3.90. The third-order valence-electron chi connectivity index (χ3n) is 5.26. The Morgan fingerprint density at radius 3 is 2.71 bits per heavy atom. The molecule has 0 aliphatic heterocycles. The molecule has 1 saturated carbocycles. The van der Waals surface area contributed by atoms with Crippen molar-refractivity contribution in [2.24, 2.45) is 4.99 Å².